The summed E-state index contributed by atoms with van der Waals surface area (Å²) in [7, 11) is 0. The minimum atomic E-state index is -0.217. The first-order chi connectivity index (χ1) is 15.0. The first-order valence-corrected chi connectivity index (χ1v) is 11.1. The van der Waals surface area contributed by atoms with Gasteiger partial charge in [-0.25, -0.2) is 4.39 Å². The minimum Gasteiger partial charge on any atom is -0.310 e. The maximum absolute atomic E-state index is 13.9. The number of hydrogen-bond acceptors (Lipinski definition) is 5. The van der Waals surface area contributed by atoms with Gasteiger partial charge in [-0.05, 0) is 68.6 Å². The molecule has 4 rings (SSSR count). The van der Waals surface area contributed by atoms with Gasteiger partial charge < -0.3 is 14.8 Å². The lowest BCUT2D eigenvalue weighted by Gasteiger charge is -2.32. The van der Waals surface area contributed by atoms with Crippen molar-refractivity contribution in [2.45, 2.75) is 52.2 Å². The van der Waals surface area contributed by atoms with Crippen LogP contribution in [0.25, 0.3) is 11.0 Å². The van der Waals surface area contributed by atoms with Gasteiger partial charge in [-0.2, -0.15) is 0 Å². The summed E-state index contributed by atoms with van der Waals surface area (Å²) in [6.45, 7) is 8.00. The zero-order valence-electron chi connectivity index (χ0n) is 18.3. The van der Waals surface area contributed by atoms with E-state index in [1.165, 1.54) is 0 Å². The van der Waals surface area contributed by atoms with E-state index in [0.717, 1.165) is 54.6 Å². The summed E-state index contributed by atoms with van der Waals surface area (Å²) in [6, 6.07) is 7.43. The highest BCUT2D eigenvalue weighted by Crippen LogP contribution is 2.14. The average molecular weight is 424 g/mol. The molecule has 0 unspecified atom stereocenters. The third kappa shape index (κ3) is 5.17. The molecule has 1 N–H and O–H groups in total. The van der Waals surface area contributed by atoms with Crippen LogP contribution in [-0.4, -0.2) is 45.1 Å². The van der Waals surface area contributed by atoms with E-state index >= 15 is 0 Å². The molecule has 31 heavy (non-hydrogen) atoms. The van der Waals surface area contributed by atoms with E-state index < -0.39 is 0 Å². The van der Waals surface area contributed by atoms with Crippen molar-refractivity contribution in [2.24, 2.45) is 0 Å². The van der Waals surface area contributed by atoms with Gasteiger partial charge in [-0.15, -0.1) is 0 Å². The van der Waals surface area contributed by atoms with Gasteiger partial charge in [0.2, 0.25) is 0 Å². The van der Waals surface area contributed by atoms with E-state index in [2.05, 4.69) is 20.2 Å². The molecule has 1 fully saturated rings. The second-order valence-electron chi connectivity index (χ2n) is 8.36. The van der Waals surface area contributed by atoms with Crippen molar-refractivity contribution in [1.29, 1.82) is 0 Å². The van der Waals surface area contributed by atoms with Crippen molar-refractivity contribution in [3.8, 4) is 0 Å². The van der Waals surface area contributed by atoms with Crippen LogP contribution in [0.1, 0.15) is 36.6 Å². The van der Waals surface area contributed by atoms with Crippen molar-refractivity contribution in [2.75, 3.05) is 19.6 Å². The van der Waals surface area contributed by atoms with Crippen molar-refractivity contribution >= 4 is 11.0 Å². The van der Waals surface area contributed by atoms with Gasteiger partial charge in [0, 0.05) is 44.1 Å². The molecule has 0 aromatic carbocycles. The van der Waals surface area contributed by atoms with Crippen molar-refractivity contribution in [1.82, 2.24) is 24.8 Å². The predicted octanol–water partition coefficient (Wildman–Crippen LogP) is 3.06. The van der Waals surface area contributed by atoms with Crippen LogP contribution in [0.5, 0.6) is 0 Å². The van der Waals surface area contributed by atoms with Crippen molar-refractivity contribution < 1.29 is 4.39 Å². The molecular weight excluding hydrogens is 393 g/mol. The van der Waals surface area contributed by atoms with Gasteiger partial charge in [-0.1, -0.05) is 6.92 Å². The second-order valence-corrected chi connectivity index (χ2v) is 8.36. The van der Waals surface area contributed by atoms with E-state index in [0.29, 0.717) is 31.2 Å². The normalized spacial score (nSPS) is 15.6. The van der Waals surface area contributed by atoms with Crippen LogP contribution in [0.2, 0.25) is 0 Å². The fourth-order valence-electron chi connectivity index (χ4n) is 4.23. The zero-order valence-corrected chi connectivity index (χ0v) is 18.3. The number of nitrogens with one attached hydrogen (secondary N) is 1. The number of aryl methyl sites for hydroxylation is 2. The molecule has 0 aliphatic carbocycles. The summed E-state index contributed by atoms with van der Waals surface area (Å²) in [5.74, 6) is -0.217. The summed E-state index contributed by atoms with van der Waals surface area (Å²) in [6.07, 6.45) is 6.28. The summed E-state index contributed by atoms with van der Waals surface area (Å²) in [5, 5.41) is 3.54. The van der Waals surface area contributed by atoms with E-state index in [-0.39, 0.29) is 11.4 Å². The van der Waals surface area contributed by atoms with Crippen LogP contribution in [-0.2, 0) is 19.5 Å². The Hall–Kier alpha value is -2.64. The predicted molar refractivity (Wildman–Crippen MR) is 121 cm³/mol. The molecular formula is C24H30FN5O. The molecule has 0 radical (unpaired) electrons. The number of pyridine rings is 3. The maximum atomic E-state index is 13.9. The number of nitrogens with zero attached hydrogens (tertiary/aromatic N) is 4. The fraction of sp³-hybridized carbons (Fsp3) is 0.458. The number of rotatable bonds is 7. The lowest BCUT2D eigenvalue weighted by Crippen LogP contribution is -2.43. The Morgan fingerprint density at radius 1 is 1.13 bits per heavy atom. The Morgan fingerprint density at radius 2 is 1.94 bits per heavy atom. The lowest BCUT2D eigenvalue weighted by atomic mass is 10.0. The Morgan fingerprint density at radius 3 is 2.68 bits per heavy atom. The minimum absolute atomic E-state index is 0.0198. The van der Waals surface area contributed by atoms with Gasteiger partial charge in [0.15, 0.2) is 0 Å². The van der Waals surface area contributed by atoms with E-state index in [1.54, 1.807) is 24.4 Å². The van der Waals surface area contributed by atoms with Crippen LogP contribution in [0.15, 0.2) is 41.5 Å². The highest BCUT2D eigenvalue weighted by Gasteiger charge is 2.19. The van der Waals surface area contributed by atoms with Gasteiger partial charge in [-0.3, -0.25) is 14.8 Å². The number of likely N-dealkylation sites (tertiary alicyclic amines) is 1. The molecule has 7 heteroatoms. The molecule has 0 bridgehead atoms. The molecule has 3 aromatic heterocycles. The molecule has 164 valence electrons. The third-order valence-electron chi connectivity index (χ3n) is 6.11. The van der Waals surface area contributed by atoms with E-state index in [1.807, 2.05) is 30.7 Å². The highest BCUT2D eigenvalue weighted by molar-refractivity contribution is 5.74. The second kappa shape index (κ2) is 9.66. The molecule has 4 heterocycles. The van der Waals surface area contributed by atoms with Gasteiger partial charge in [0.1, 0.15) is 5.82 Å². The lowest BCUT2D eigenvalue weighted by molar-refractivity contribution is 0.191. The van der Waals surface area contributed by atoms with Crippen molar-refractivity contribution in [3.05, 3.63) is 69.7 Å². The van der Waals surface area contributed by atoms with Crippen LogP contribution >= 0.6 is 0 Å². The molecule has 0 spiro atoms. The number of halogens is 1. The van der Waals surface area contributed by atoms with E-state index in [9.17, 15) is 9.18 Å². The summed E-state index contributed by atoms with van der Waals surface area (Å²) >= 11 is 0. The quantitative estimate of drug-likeness (QED) is 0.633. The Balaban J connectivity index is 1.29. The Labute approximate surface area is 182 Å². The van der Waals surface area contributed by atoms with Gasteiger partial charge >= 0.3 is 0 Å². The van der Waals surface area contributed by atoms with Gasteiger partial charge in [0.25, 0.3) is 5.56 Å². The topological polar surface area (TPSA) is 63.1 Å². The van der Waals surface area contributed by atoms with Gasteiger partial charge in [0.05, 0.1) is 16.7 Å². The molecule has 1 aliphatic rings. The SMILES string of the molecule is CCc1ncc(CNC2CCN(CCn3c(=O)ccc4ncc(C)cc43)CC2)cc1F. The highest BCUT2D eigenvalue weighted by atomic mass is 19.1. The van der Waals surface area contributed by atoms with E-state index in [4.69, 9.17) is 0 Å². The van der Waals surface area contributed by atoms with Crippen LogP contribution in [0, 0.1) is 12.7 Å². The largest absolute Gasteiger partial charge is 0.310 e. The standard InChI is InChI=1S/C24H30FN5O/c1-3-21-20(25)13-18(16-28-21)15-26-19-6-8-29(9-7-19)10-11-30-23-12-17(2)14-27-22(23)4-5-24(30)31/h4-5,12-14,16,19,26H,3,6-11,15H2,1-2H3. The molecule has 0 amide bonds. The fourth-order valence-corrected chi connectivity index (χ4v) is 4.23. The van der Waals surface area contributed by atoms with Crippen LogP contribution in [0.4, 0.5) is 4.39 Å². The summed E-state index contributed by atoms with van der Waals surface area (Å²) in [4.78, 5) is 23.5. The van der Waals surface area contributed by atoms with Crippen LogP contribution in [0.3, 0.4) is 0 Å². The molecule has 0 saturated carbocycles. The zero-order chi connectivity index (χ0) is 21.8. The summed E-state index contributed by atoms with van der Waals surface area (Å²) < 4.78 is 15.7. The molecule has 1 saturated heterocycles. The first kappa shape index (κ1) is 21.6. The molecule has 1 aliphatic heterocycles. The Kier molecular flexibility index (Phi) is 6.73. The smallest absolute Gasteiger partial charge is 0.251 e. The van der Waals surface area contributed by atoms with Crippen LogP contribution < -0.4 is 10.9 Å². The Bertz CT molecular complexity index is 1100. The number of aromatic nitrogens is 3. The van der Waals surface area contributed by atoms with Crippen molar-refractivity contribution in [3.63, 3.8) is 0 Å². The first-order valence-electron chi connectivity index (χ1n) is 11.1. The summed E-state index contributed by atoms with van der Waals surface area (Å²) in [5.41, 5.74) is 4.24. The molecule has 0 atom stereocenters. The average Bonchev–Trinajstić information content (AvgIpc) is 2.78. The molecule has 6 nitrogen and oxygen atoms in total. The maximum Gasteiger partial charge on any atom is 0.251 e. The number of fused-ring (bicyclic) bond motifs is 1. The third-order valence-corrected chi connectivity index (χ3v) is 6.11. The molecule has 3 aromatic rings. The number of hydrogen-bond donors (Lipinski definition) is 1. The number of piperidine rings is 1. The monoisotopic (exact) mass is 423 g/mol.